The first-order valence-electron chi connectivity index (χ1n) is 5.17. The van der Waals surface area contributed by atoms with Crippen LogP contribution in [-0.2, 0) is 0 Å². The summed E-state index contributed by atoms with van der Waals surface area (Å²) < 4.78 is 0. The van der Waals surface area contributed by atoms with Gasteiger partial charge >= 0.3 is 0 Å². The van der Waals surface area contributed by atoms with Crippen molar-refractivity contribution in [3.8, 4) is 0 Å². The van der Waals surface area contributed by atoms with Crippen molar-refractivity contribution in [2.45, 2.75) is 18.9 Å². The van der Waals surface area contributed by atoms with Gasteiger partial charge < -0.3 is 10.7 Å². The van der Waals surface area contributed by atoms with Crippen LogP contribution in [0, 0.1) is 5.92 Å². The van der Waals surface area contributed by atoms with Crippen LogP contribution in [-0.4, -0.2) is 4.98 Å². The summed E-state index contributed by atoms with van der Waals surface area (Å²) in [4.78, 5) is 3.22. The van der Waals surface area contributed by atoms with Gasteiger partial charge in [0.1, 0.15) is 0 Å². The molecule has 2 nitrogen and oxygen atoms in total. The Bertz CT molecular complexity index is 454. The van der Waals surface area contributed by atoms with Crippen molar-refractivity contribution < 1.29 is 0 Å². The highest BCUT2D eigenvalue weighted by Gasteiger charge is 2.29. The number of hydrogen-bond donors (Lipinski definition) is 2. The maximum absolute atomic E-state index is 6.15. The van der Waals surface area contributed by atoms with Gasteiger partial charge in [0, 0.05) is 17.8 Å². The average molecular weight is 186 g/mol. The lowest BCUT2D eigenvalue weighted by Crippen LogP contribution is -2.11. The molecular formula is C12H14N2. The smallest absolute Gasteiger partial charge is 0.0457 e. The van der Waals surface area contributed by atoms with Crippen LogP contribution < -0.4 is 5.73 Å². The number of H-pyrrole nitrogens is 1. The first kappa shape index (κ1) is 8.06. The molecule has 1 atom stereocenters. The van der Waals surface area contributed by atoms with Crippen LogP contribution in [0.4, 0.5) is 0 Å². The van der Waals surface area contributed by atoms with Crippen molar-refractivity contribution in [2.24, 2.45) is 11.7 Å². The van der Waals surface area contributed by atoms with Crippen LogP contribution in [0.15, 0.2) is 30.5 Å². The van der Waals surface area contributed by atoms with Crippen molar-refractivity contribution in [1.29, 1.82) is 0 Å². The second-order valence-electron chi connectivity index (χ2n) is 4.19. The third kappa shape index (κ3) is 1.23. The zero-order valence-corrected chi connectivity index (χ0v) is 8.03. The molecule has 1 unspecified atom stereocenters. The minimum atomic E-state index is 0.239. The van der Waals surface area contributed by atoms with Crippen molar-refractivity contribution >= 4 is 10.9 Å². The van der Waals surface area contributed by atoms with E-state index in [2.05, 4.69) is 29.2 Å². The van der Waals surface area contributed by atoms with Crippen molar-refractivity contribution in [1.82, 2.24) is 4.98 Å². The Balaban J connectivity index is 2.03. The monoisotopic (exact) mass is 186 g/mol. The average Bonchev–Trinajstić information content (AvgIpc) is 2.95. The molecule has 3 rings (SSSR count). The number of benzene rings is 1. The standard InChI is InChI=1S/C12H14N2/c13-12(9-2-3-9)10-4-1-8-5-6-14-11(8)7-10/h1,4-7,9,12,14H,2-3,13H2. The van der Waals surface area contributed by atoms with E-state index >= 15 is 0 Å². The molecular weight excluding hydrogens is 172 g/mol. The predicted molar refractivity (Wildman–Crippen MR) is 58.0 cm³/mol. The summed E-state index contributed by atoms with van der Waals surface area (Å²) in [5, 5.41) is 1.26. The molecule has 72 valence electrons. The number of nitrogens with one attached hydrogen (secondary N) is 1. The van der Waals surface area contributed by atoms with E-state index in [0.717, 1.165) is 5.92 Å². The molecule has 1 aliphatic carbocycles. The summed E-state index contributed by atoms with van der Waals surface area (Å²) in [7, 11) is 0. The molecule has 2 heteroatoms. The maximum atomic E-state index is 6.15. The second-order valence-corrected chi connectivity index (χ2v) is 4.19. The van der Waals surface area contributed by atoms with Gasteiger partial charge in [-0.2, -0.15) is 0 Å². The van der Waals surface area contributed by atoms with Crippen LogP contribution in [0.3, 0.4) is 0 Å². The highest BCUT2D eigenvalue weighted by Crippen LogP contribution is 2.39. The number of nitrogens with two attached hydrogens (primary N) is 1. The van der Waals surface area contributed by atoms with Crippen molar-refractivity contribution in [3.05, 3.63) is 36.0 Å². The molecule has 0 radical (unpaired) electrons. The second kappa shape index (κ2) is 2.85. The topological polar surface area (TPSA) is 41.8 Å². The van der Waals surface area contributed by atoms with E-state index in [0.29, 0.717) is 0 Å². The van der Waals surface area contributed by atoms with Gasteiger partial charge in [-0.25, -0.2) is 0 Å². The number of fused-ring (bicyclic) bond motifs is 1. The number of hydrogen-bond acceptors (Lipinski definition) is 1. The molecule has 0 saturated heterocycles. The largest absolute Gasteiger partial charge is 0.361 e. The van der Waals surface area contributed by atoms with Gasteiger partial charge in [-0.05, 0) is 41.8 Å². The zero-order valence-electron chi connectivity index (χ0n) is 8.03. The van der Waals surface area contributed by atoms with Gasteiger partial charge in [0.15, 0.2) is 0 Å². The zero-order chi connectivity index (χ0) is 9.54. The summed E-state index contributed by atoms with van der Waals surface area (Å²) in [5.41, 5.74) is 8.61. The highest BCUT2D eigenvalue weighted by molar-refractivity contribution is 5.79. The molecule has 1 aromatic carbocycles. The molecule has 0 amide bonds. The Morgan fingerprint density at radius 2 is 2.14 bits per heavy atom. The Labute approximate surface area is 83.1 Å². The van der Waals surface area contributed by atoms with E-state index in [1.165, 1.54) is 29.3 Å². The third-order valence-corrected chi connectivity index (χ3v) is 3.09. The number of rotatable bonds is 2. The quantitative estimate of drug-likeness (QED) is 0.743. The molecule has 0 spiro atoms. The highest BCUT2D eigenvalue weighted by atomic mass is 14.7. The first-order valence-corrected chi connectivity index (χ1v) is 5.17. The van der Waals surface area contributed by atoms with E-state index in [1.54, 1.807) is 0 Å². The van der Waals surface area contributed by atoms with E-state index in [4.69, 9.17) is 5.73 Å². The van der Waals surface area contributed by atoms with Gasteiger partial charge in [-0.15, -0.1) is 0 Å². The maximum Gasteiger partial charge on any atom is 0.0457 e. The van der Waals surface area contributed by atoms with Crippen molar-refractivity contribution in [3.63, 3.8) is 0 Å². The van der Waals surface area contributed by atoms with Gasteiger partial charge in [0.05, 0.1) is 0 Å². The fourth-order valence-electron chi connectivity index (χ4n) is 2.00. The van der Waals surface area contributed by atoms with Gasteiger partial charge in [0.25, 0.3) is 0 Å². The minimum absolute atomic E-state index is 0.239. The molecule has 1 saturated carbocycles. The summed E-state index contributed by atoms with van der Waals surface area (Å²) >= 11 is 0. The summed E-state index contributed by atoms with van der Waals surface area (Å²) in [6.07, 6.45) is 4.56. The van der Waals surface area contributed by atoms with Crippen LogP contribution in [0.1, 0.15) is 24.4 Å². The predicted octanol–water partition coefficient (Wildman–Crippen LogP) is 2.58. The fourth-order valence-corrected chi connectivity index (χ4v) is 2.00. The molecule has 1 fully saturated rings. The Kier molecular flexibility index (Phi) is 1.64. The van der Waals surface area contributed by atoms with Crippen LogP contribution in [0.5, 0.6) is 0 Å². The minimum Gasteiger partial charge on any atom is -0.361 e. The lowest BCUT2D eigenvalue weighted by Gasteiger charge is -2.10. The summed E-state index contributed by atoms with van der Waals surface area (Å²) in [5.74, 6) is 0.724. The van der Waals surface area contributed by atoms with E-state index in [9.17, 15) is 0 Å². The molecule has 1 aromatic heterocycles. The Morgan fingerprint density at radius 3 is 2.93 bits per heavy atom. The Hall–Kier alpha value is -1.28. The van der Waals surface area contributed by atoms with E-state index in [-0.39, 0.29) is 6.04 Å². The normalized spacial score (nSPS) is 18.6. The van der Waals surface area contributed by atoms with Gasteiger partial charge in [0.2, 0.25) is 0 Å². The summed E-state index contributed by atoms with van der Waals surface area (Å²) in [6.45, 7) is 0. The third-order valence-electron chi connectivity index (χ3n) is 3.09. The lowest BCUT2D eigenvalue weighted by atomic mass is 10.0. The summed E-state index contributed by atoms with van der Waals surface area (Å²) in [6, 6.07) is 8.80. The molecule has 1 aliphatic rings. The van der Waals surface area contributed by atoms with Gasteiger partial charge in [-0.3, -0.25) is 0 Å². The molecule has 0 aliphatic heterocycles. The van der Waals surface area contributed by atoms with E-state index in [1.807, 2.05) is 6.20 Å². The van der Waals surface area contributed by atoms with Crippen LogP contribution in [0.2, 0.25) is 0 Å². The molecule has 1 heterocycles. The SMILES string of the molecule is NC(c1ccc2cc[nH]c2c1)C1CC1. The van der Waals surface area contributed by atoms with Crippen molar-refractivity contribution in [2.75, 3.05) is 0 Å². The molecule has 14 heavy (non-hydrogen) atoms. The van der Waals surface area contributed by atoms with E-state index < -0.39 is 0 Å². The first-order chi connectivity index (χ1) is 6.84. The number of aromatic amines is 1. The van der Waals surface area contributed by atoms with Crippen LogP contribution in [0.25, 0.3) is 10.9 Å². The molecule has 0 bridgehead atoms. The number of aromatic nitrogens is 1. The lowest BCUT2D eigenvalue weighted by molar-refractivity contribution is 0.634. The van der Waals surface area contributed by atoms with Gasteiger partial charge in [-0.1, -0.05) is 12.1 Å². The molecule has 2 aromatic rings. The Morgan fingerprint density at radius 1 is 1.29 bits per heavy atom. The molecule has 3 N–H and O–H groups in total. The van der Waals surface area contributed by atoms with Crippen LogP contribution >= 0.6 is 0 Å². The fraction of sp³-hybridized carbons (Fsp3) is 0.333.